The van der Waals surface area contributed by atoms with Gasteiger partial charge in [-0.25, -0.2) is 0 Å². The van der Waals surface area contributed by atoms with Gasteiger partial charge in [-0.05, 0) is 13.3 Å². The number of carbonyl (C=O) groups excluding carboxylic acids is 2. The molecular formula is C11H20NNaO3. The first-order valence-electron chi connectivity index (χ1n) is 5.58. The minimum atomic E-state index is -1.24. The van der Waals surface area contributed by atoms with Crippen LogP contribution in [0.5, 0.6) is 0 Å². The van der Waals surface area contributed by atoms with E-state index in [1.54, 1.807) is 0 Å². The van der Waals surface area contributed by atoms with Gasteiger partial charge in [0.25, 0.3) is 0 Å². The van der Waals surface area contributed by atoms with Crippen molar-refractivity contribution in [2.75, 3.05) is 0 Å². The molecule has 1 atom stereocenters. The maximum Gasteiger partial charge on any atom is 1.00 e. The van der Waals surface area contributed by atoms with Crippen molar-refractivity contribution in [1.82, 2.24) is 5.32 Å². The number of aliphatic carboxylic acids is 1. The second-order valence-corrected chi connectivity index (χ2v) is 3.77. The van der Waals surface area contributed by atoms with Crippen LogP contribution in [0.3, 0.4) is 0 Å². The maximum absolute atomic E-state index is 11.2. The Balaban J connectivity index is 0. The van der Waals surface area contributed by atoms with E-state index in [0.29, 0.717) is 6.42 Å². The largest absolute Gasteiger partial charge is 1.00 e. The van der Waals surface area contributed by atoms with E-state index in [-0.39, 0.29) is 35.5 Å². The van der Waals surface area contributed by atoms with Crippen molar-refractivity contribution in [1.29, 1.82) is 0 Å². The van der Waals surface area contributed by atoms with Gasteiger partial charge in [-0.3, -0.25) is 4.79 Å². The fourth-order valence-electron chi connectivity index (χ4n) is 1.26. The van der Waals surface area contributed by atoms with E-state index in [0.717, 1.165) is 19.3 Å². The molecule has 0 aromatic carbocycles. The van der Waals surface area contributed by atoms with Crippen molar-refractivity contribution in [2.24, 2.45) is 0 Å². The molecule has 0 rings (SSSR count). The molecule has 1 amide bonds. The zero-order valence-corrected chi connectivity index (χ0v) is 12.5. The summed E-state index contributed by atoms with van der Waals surface area (Å²) < 4.78 is 0. The average molecular weight is 237 g/mol. The van der Waals surface area contributed by atoms with Crippen molar-refractivity contribution >= 4 is 11.9 Å². The van der Waals surface area contributed by atoms with E-state index >= 15 is 0 Å². The molecule has 16 heavy (non-hydrogen) atoms. The quantitative estimate of drug-likeness (QED) is 0.378. The van der Waals surface area contributed by atoms with Gasteiger partial charge >= 0.3 is 29.6 Å². The number of amides is 1. The third-order valence-corrected chi connectivity index (χ3v) is 2.24. The van der Waals surface area contributed by atoms with Crippen LogP contribution in [0.1, 0.15) is 52.4 Å². The Kier molecular flexibility index (Phi) is 13.1. The van der Waals surface area contributed by atoms with E-state index in [2.05, 4.69) is 12.2 Å². The third kappa shape index (κ3) is 10.5. The Morgan fingerprint density at radius 1 is 1.19 bits per heavy atom. The number of nitrogens with one attached hydrogen (secondary N) is 1. The third-order valence-electron chi connectivity index (χ3n) is 2.24. The summed E-state index contributed by atoms with van der Waals surface area (Å²) in [4.78, 5) is 21.5. The van der Waals surface area contributed by atoms with Crippen molar-refractivity contribution < 1.29 is 44.3 Å². The van der Waals surface area contributed by atoms with Crippen LogP contribution in [0.2, 0.25) is 0 Å². The fraction of sp³-hybridized carbons (Fsp3) is 0.818. The summed E-state index contributed by atoms with van der Waals surface area (Å²) in [6.07, 6.45) is 5.76. The van der Waals surface area contributed by atoms with Crippen LogP contribution in [-0.4, -0.2) is 17.9 Å². The Morgan fingerprint density at radius 3 is 2.25 bits per heavy atom. The molecule has 0 aliphatic rings. The predicted octanol–water partition coefficient (Wildman–Crippen LogP) is -2.39. The normalized spacial score (nSPS) is 11.4. The molecule has 0 bridgehead atoms. The molecule has 0 fully saturated rings. The SMILES string of the molecule is CCCCCCCC(=O)N[C@@H](C)C(=O)[O-].[Na+]. The van der Waals surface area contributed by atoms with E-state index in [4.69, 9.17) is 0 Å². The van der Waals surface area contributed by atoms with Crippen molar-refractivity contribution in [3.8, 4) is 0 Å². The Morgan fingerprint density at radius 2 is 1.75 bits per heavy atom. The smallest absolute Gasteiger partial charge is 0.548 e. The van der Waals surface area contributed by atoms with Gasteiger partial charge in [0.2, 0.25) is 5.91 Å². The molecule has 0 aliphatic heterocycles. The summed E-state index contributed by atoms with van der Waals surface area (Å²) in [5, 5.41) is 12.7. The zero-order valence-electron chi connectivity index (χ0n) is 10.5. The summed E-state index contributed by atoms with van der Waals surface area (Å²) in [5.74, 6) is -1.45. The zero-order chi connectivity index (χ0) is 11.7. The standard InChI is InChI=1S/C11H21NO3.Na/c1-3-4-5-6-7-8-10(13)12-9(2)11(14)15;/h9H,3-8H2,1-2H3,(H,12,13)(H,14,15);/q;+1/p-1/t9-;/m0./s1. The van der Waals surface area contributed by atoms with Gasteiger partial charge in [0.15, 0.2) is 0 Å². The Labute approximate surface area is 119 Å². The van der Waals surface area contributed by atoms with Gasteiger partial charge in [-0.2, -0.15) is 0 Å². The van der Waals surface area contributed by atoms with E-state index in [1.807, 2.05) is 0 Å². The van der Waals surface area contributed by atoms with Crippen LogP contribution < -0.4 is 40.0 Å². The van der Waals surface area contributed by atoms with E-state index in [9.17, 15) is 14.7 Å². The van der Waals surface area contributed by atoms with Crippen LogP contribution >= 0.6 is 0 Å². The van der Waals surface area contributed by atoms with Gasteiger partial charge < -0.3 is 15.2 Å². The second-order valence-electron chi connectivity index (χ2n) is 3.77. The van der Waals surface area contributed by atoms with Gasteiger partial charge in [-0.1, -0.05) is 32.6 Å². The van der Waals surface area contributed by atoms with E-state index in [1.165, 1.54) is 19.8 Å². The molecular weight excluding hydrogens is 217 g/mol. The number of carbonyl (C=O) groups is 2. The monoisotopic (exact) mass is 237 g/mol. The Bertz CT molecular complexity index is 209. The van der Waals surface area contributed by atoms with Crippen LogP contribution in [0.15, 0.2) is 0 Å². The first-order chi connectivity index (χ1) is 7.07. The van der Waals surface area contributed by atoms with Gasteiger partial charge in [0.1, 0.15) is 0 Å². The van der Waals surface area contributed by atoms with Gasteiger partial charge in [-0.15, -0.1) is 0 Å². The van der Waals surface area contributed by atoms with Crippen LogP contribution in [0, 0.1) is 0 Å². The molecule has 0 radical (unpaired) electrons. The van der Waals surface area contributed by atoms with Gasteiger partial charge in [0.05, 0.1) is 12.0 Å². The molecule has 5 heteroatoms. The minimum Gasteiger partial charge on any atom is -0.548 e. The first-order valence-corrected chi connectivity index (χ1v) is 5.58. The molecule has 0 heterocycles. The molecule has 0 aromatic rings. The molecule has 4 nitrogen and oxygen atoms in total. The summed E-state index contributed by atoms with van der Waals surface area (Å²) >= 11 is 0. The average Bonchev–Trinajstić information content (AvgIpc) is 2.17. The van der Waals surface area contributed by atoms with Crippen molar-refractivity contribution in [3.05, 3.63) is 0 Å². The molecule has 1 N–H and O–H groups in total. The fourth-order valence-corrected chi connectivity index (χ4v) is 1.26. The second kappa shape index (κ2) is 11.4. The molecule has 0 saturated carbocycles. The molecule has 0 unspecified atom stereocenters. The molecule has 0 aliphatic carbocycles. The number of carboxylic acid groups (broad SMARTS) is 1. The number of unbranched alkanes of at least 4 members (excludes halogenated alkanes) is 4. The summed E-state index contributed by atoms with van der Waals surface area (Å²) in [7, 11) is 0. The molecule has 0 saturated heterocycles. The summed E-state index contributed by atoms with van der Waals surface area (Å²) in [6, 6.07) is -0.895. The van der Waals surface area contributed by atoms with Crippen LogP contribution in [-0.2, 0) is 9.59 Å². The van der Waals surface area contributed by atoms with Crippen molar-refractivity contribution in [3.63, 3.8) is 0 Å². The number of carboxylic acids is 1. The molecule has 0 aromatic heterocycles. The molecule has 0 spiro atoms. The number of hydrogen-bond acceptors (Lipinski definition) is 3. The number of rotatable bonds is 8. The molecule has 88 valence electrons. The summed E-state index contributed by atoms with van der Waals surface area (Å²) in [6.45, 7) is 3.54. The topological polar surface area (TPSA) is 69.2 Å². The van der Waals surface area contributed by atoms with Gasteiger partial charge in [0, 0.05) is 6.42 Å². The van der Waals surface area contributed by atoms with Crippen LogP contribution in [0.25, 0.3) is 0 Å². The maximum atomic E-state index is 11.2. The first kappa shape index (κ1) is 18.3. The minimum absolute atomic E-state index is 0. The van der Waals surface area contributed by atoms with Crippen LogP contribution in [0.4, 0.5) is 0 Å². The number of hydrogen-bond donors (Lipinski definition) is 1. The van der Waals surface area contributed by atoms with Crippen molar-refractivity contribution in [2.45, 2.75) is 58.4 Å². The predicted molar refractivity (Wildman–Crippen MR) is 56.0 cm³/mol. The summed E-state index contributed by atoms with van der Waals surface area (Å²) in [5.41, 5.74) is 0. The Hall–Kier alpha value is -0.0600. The van der Waals surface area contributed by atoms with E-state index < -0.39 is 12.0 Å².